The van der Waals surface area contributed by atoms with Crippen molar-refractivity contribution in [3.8, 4) is 11.3 Å². The van der Waals surface area contributed by atoms with Gasteiger partial charge in [0.05, 0.1) is 35.2 Å². The second-order valence-corrected chi connectivity index (χ2v) is 8.79. The first-order valence-corrected chi connectivity index (χ1v) is 11.9. The number of halogens is 1. The van der Waals surface area contributed by atoms with E-state index in [1.165, 1.54) is 18.5 Å². The van der Waals surface area contributed by atoms with Gasteiger partial charge in [-0.25, -0.2) is 4.39 Å². The highest BCUT2D eigenvalue weighted by atomic mass is 19.1. The molecular weight excluding hydrogens is 459 g/mol. The van der Waals surface area contributed by atoms with Crippen molar-refractivity contribution in [1.29, 1.82) is 0 Å². The second kappa shape index (κ2) is 10.2. The molecule has 8 nitrogen and oxygen atoms in total. The topological polar surface area (TPSA) is 108 Å². The zero-order valence-electron chi connectivity index (χ0n) is 19.8. The third-order valence-electron chi connectivity index (χ3n) is 6.08. The lowest BCUT2D eigenvalue weighted by molar-refractivity contribution is 0.102. The highest BCUT2D eigenvalue weighted by Crippen LogP contribution is 2.24. The molecule has 0 bridgehead atoms. The predicted molar refractivity (Wildman–Crippen MR) is 139 cm³/mol. The number of carbonyl (C=O) groups is 1. The molecule has 0 spiro atoms. The van der Waals surface area contributed by atoms with Crippen LogP contribution in [0.5, 0.6) is 0 Å². The molecule has 184 valence electrons. The molecule has 1 atom stereocenters. The molecule has 36 heavy (non-hydrogen) atoms. The minimum atomic E-state index is -0.945. The molecule has 1 aliphatic rings. The molecule has 1 unspecified atom stereocenters. The maximum absolute atomic E-state index is 13.3. The number of nitrogens with one attached hydrogen (secondary N) is 4. The molecule has 5 rings (SSSR count). The van der Waals surface area contributed by atoms with Crippen LogP contribution >= 0.6 is 0 Å². The number of alkyl halides is 1. The Morgan fingerprint density at radius 1 is 1.28 bits per heavy atom. The third kappa shape index (κ3) is 5.21. The summed E-state index contributed by atoms with van der Waals surface area (Å²) in [4.78, 5) is 31.4. The quantitative estimate of drug-likeness (QED) is 0.298. The van der Waals surface area contributed by atoms with Gasteiger partial charge in [0.1, 0.15) is 6.17 Å². The van der Waals surface area contributed by atoms with Gasteiger partial charge < -0.3 is 20.6 Å². The highest BCUT2D eigenvalue weighted by molar-refractivity contribution is 6.04. The fourth-order valence-electron chi connectivity index (χ4n) is 4.18. The number of hydrogen-bond donors (Lipinski definition) is 4. The Morgan fingerprint density at radius 3 is 2.97 bits per heavy atom. The smallest absolute Gasteiger partial charge is 0.258 e. The van der Waals surface area contributed by atoms with Gasteiger partial charge in [-0.05, 0) is 41.9 Å². The van der Waals surface area contributed by atoms with E-state index >= 15 is 0 Å². The Bertz CT molecular complexity index is 1530. The van der Waals surface area contributed by atoms with Crippen molar-refractivity contribution in [2.24, 2.45) is 0 Å². The summed E-state index contributed by atoms with van der Waals surface area (Å²) in [5.41, 5.74) is 4.70. The molecule has 0 fully saturated rings. The van der Waals surface area contributed by atoms with Gasteiger partial charge >= 0.3 is 0 Å². The van der Waals surface area contributed by atoms with Gasteiger partial charge in [0.15, 0.2) is 0 Å². The van der Waals surface area contributed by atoms with E-state index in [1.54, 1.807) is 23.0 Å². The van der Waals surface area contributed by atoms with Crippen molar-refractivity contribution in [3.63, 3.8) is 0 Å². The lowest BCUT2D eigenvalue weighted by Crippen LogP contribution is -2.15. The molecule has 3 aromatic heterocycles. The van der Waals surface area contributed by atoms with Crippen LogP contribution in [0, 0.1) is 0 Å². The van der Waals surface area contributed by atoms with Crippen LogP contribution in [-0.4, -0.2) is 38.4 Å². The number of fused-ring (bicyclic) bond motifs is 1. The van der Waals surface area contributed by atoms with E-state index in [9.17, 15) is 14.0 Å². The Balaban J connectivity index is 1.31. The van der Waals surface area contributed by atoms with Crippen molar-refractivity contribution < 1.29 is 9.18 Å². The van der Waals surface area contributed by atoms with E-state index in [0.29, 0.717) is 35.5 Å². The molecule has 4 aromatic rings. The first kappa shape index (κ1) is 23.5. The number of anilines is 1. The fraction of sp³-hybridized carbons (Fsp3) is 0.222. The van der Waals surface area contributed by atoms with E-state index < -0.39 is 6.17 Å². The van der Waals surface area contributed by atoms with Gasteiger partial charge in [-0.2, -0.15) is 5.10 Å². The summed E-state index contributed by atoms with van der Waals surface area (Å²) >= 11 is 0. The van der Waals surface area contributed by atoms with Gasteiger partial charge in [0.25, 0.3) is 11.5 Å². The highest BCUT2D eigenvalue weighted by Gasteiger charge is 2.14. The molecule has 1 amide bonds. The molecule has 9 heteroatoms. The van der Waals surface area contributed by atoms with Crippen LogP contribution in [-0.2, 0) is 13.1 Å². The normalized spacial score (nSPS) is 15.3. The number of allylic oxidation sites excluding steroid dienone is 4. The maximum atomic E-state index is 13.3. The van der Waals surface area contributed by atoms with E-state index in [0.717, 1.165) is 35.1 Å². The van der Waals surface area contributed by atoms with E-state index in [1.807, 2.05) is 24.3 Å². The monoisotopic (exact) mass is 486 g/mol. The van der Waals surface area contributed by atoms with Gasteiger partial charge in [0.2, 0.25) is 0 Å². The molecule has 0 saturated carbocycles. The van der Waals surface area contributed by atoms with Crippen LogP contribution in [0.1, 0.15) is 29.3 Å². The first-order chi connectivity index (χ1) is 17.5. The minimum absolute atomic E-state index is 0.260. The summed E-state index contributed by atoms with van der Waals surface area (Å²) in [7, 11) is 0. The summed E-state index contributed by atoms with van der Waals surface area (Å²) in [5.74, 6) is -0.346. The molecule has 3 heterocycles. The van der Waals surface area contributed by atoms with Gasteiger partial charge in [-0.15, -0.1) is 0 Å². The summed E-state index contributed by atoms with van der Waals surface area (Å²) < 4.78 is 14.9. The number of H-pyrrole nitrogens is 2. The Morgan fingerprint density at radius 2 is 2.17 bits per heavy atom. The number of hydrogen-bond acceptors (Lipinski definition) is 4. The zero-order chi connectivity index (χ0) is 25.1. The molecule has 0 radical (unpaired) electrons. The van der Waals surface area contributed by atoms with Crippen LogP contribution in [0.15, 0.2) is 77.5 Å². The third-order valence-corrected chi connectivity index (χ3v) is 6.08. The van der Waals surface area contributed by atoms with Crippen molar-refractivity contribution in [2.75, 3.05) is 11.9 Å². The Kier molecular flexibility index (Phi) is 6.64. The van der Waals surface area contributed by atoms with Crippen molar-refractivity contribution in [3.05, 3.63) is 94.2 Å². The van der Waals surface area contributed by atoms with Crippen molar-refractivity contribution in [1.82, 2.24) is 25.1 Å². The largest absolute Gasteiger partial charge is 0.354 e. The van der Waals surface area contributed by atoms with E-state index in [4.69, 9.17) is 0 Å². The van der Waals surface area contributed by atoms with Crippen LogP contribution < -0.4 is 16.2 Å². The molecule has 4 N–H and O–H groups in total. The van der Waals surface area contributed by atoms with E-state index in [2.05, 4.69) is 38.7 Å². The molecule has 0 aliphatic heterocycles. The van der Waals surface area contributed by atoms with Crippen LogP contribution in [0.4, 0.5) is 10.1 Å². The summed E-state index contributed by atoms with van der Waals surface area (Å²) in [5, 5.41) is 11.4. The number of pyridine rings is 1. The predicted octanol–water partition coefficient (Wildman–Crippen LogP) is 4.31. The molecule has 1 aromatic carbocycles. The van der Waals surface area contributed by atoms with Crippen LogP contribution in [0.2, 0.25) is 0 Å². The van der Waals surface area contributed by atoms with Gasteiger partial charge in [-0.3, -0.25) is 14.3 Å². The maximum Gasteiger partial charge on any atom is 0.258 e. The number of amides is 1. The zero-order valence-corrected chi connectivity index (χ0v) is 19.8. The van der Waals surface area contributed by atoms with Crippen molar-refractivity contribution >= 4 is 22.5 Å². The standard InChI is InChI=1S/C27H27FN6O2/c1-2-29-12-18-5-8-24-19(9-18)10-25(33-24)23-11-22(14-30-27(23)36)32-26(35)20-13-31-34(16-20)15-17-3-6-21(28)7-4-17/h3-6,8-11,13-14,16,21,29,33H,2,7,12,15H2,1H3,(H,30,36)(H,32,35). The number of aromatic nitrogens is 4. The van der Waals surface area contributed by atoms with E-state index in [-0.39, 0.29) is 11.5 Å². The summed E-state index contributed by atoms with van der Waals surface area (Å²) in [6.07, 6.45) is 9.09. The van der Waals surface area contributed by atoms with Gasteiger partial charge in [-0.1, -0.05) is 31.2 Å². The summed E-state index contributed by atoms with van der Waals surface area (Å²) in [6.45, 7) is 4.18. The Hall–Kier alpha value is -4.24. The Labute approximate surface area is 206 Å². The van der Waals surface area contributed by atoms with Crippen molar-refractivity contribution in [2.45, 2.75) is 32.6 Å². The molecule has 0 saturated heterocycles. The molecular formula is C27H27FN6O2. The number of benzene rings is 1. The summed E-state index contributed by atoms with van der Waals surface area (Å²) in [6, 6.07) is 9.72. The number of aromatic amines is 2. The average Bonchev–Trinajstić information content (AvgIpc) is 3.52. The van der Waals surface area contributed by atoms with Gasteiger partial charge in [0, 0.05) is 36.3 Å². The number of carbonyl (C=O) groups excluding carboxylic acids is 1. The lowest BCUT2D eigenvalue weighted by atomic mass is 10.1. The first-order valence-electron chi connectivity index (χ1n) is 11.9. The number of rotatable bonds is 8. The van der Waals surface area contributed by atoms with Crippen LogP contribution in [0.3, 0.4) is 0 Å². The second-order valence-electron chi connectivity index (χ2n) is 8.79. The average molecular weight is 487 g/mol. The minimum Gasteiger partial charge on any atom is -0.354 e. The number of nitrogens with zero attached hydrogens (tertiary/aromatic N) is 2. The lowest BCUT2D eigenvalue weighted by Gasteiger charge is -2.09. The van der Waals surface area contributed by atoms with Crippen LogP contribution in [0.25, 0.3) is 22.2 Å². The molecule has 1 aliphatic carbocycles. The SMILES string of the molecule is CCNCc1ccc2[nH]c(-c3cc(NC(=O)c4cnn(CC5=CCC(F)C=C5)c4)c[nH]c3=O)cc2c1. The fourth-order valence-corrected chi connectivity index (χ4v) is 4.18.